The summed E-state index contributed by atoms with van der Waals surface area (Å²) in [5.74, 6) is 0.964. The summed E-state index contributed by atoms with van der Waals surface area (Å²) in [6, 6.07) is 9.82. The van der Waals surface area contributed by atoms with Crippen molar-refractivity contribution in [3.05, 3.63) is 35.9 Å². The fourth-order valence-corrected chi connectivity index (χ4v) is 2.64. The van der Waals surface area contributed by atoms with E-state index in [4.69, 9.17) is 4.84 Å². The number of benzene rings is 1. The summed E-state index contributed by atoms with van der Waals surface area (Å²) in [7, 11) is 0. The second kappa shape index (κ2) is 8.02. The lowest BCUT2D eigenvalue weighted by Crippen LogP contribution is -2.35. The van der Waals surface area contributed by atoms with Gasteiger partial charge in [-0.3, -0.25) is 9.63 Å². The fraction of sp³-hybridized carbons (Fsp3) is 0.562. The highest BCUT2D eigenvalue weighted by molar-refractivity contribution is 5.75. The third-order valence-electron chi connectivity index (χ3n) is 3.91. The van der Waals surface area contributed by atoms with Gasteiger partial charge in [0, 0.05) is 6.42 Å². The van der Waals surface area contributed by atoms with Gasteiger partial charge in [0.25, 0.3) is 0 Å². The second-order valence-corrected chi connectivity index (χ2v) is 5.59. The Kier molecular flexibility index (Phi) is 6.02. The largest absolute Gasteiger partial charge is 0.316 e. The normalized spacial score (nSPS) is 20.4. The van der Waals surface area contributed by atoms with Gasteiger partial charge < -0.3 is 5.32 Å². The average molecular weight is 276 g/mol. The minimum absolute atomic E-state index is 0.0287. The molecular weight excluding hydrogens is 252 g/mol. The van der Waals surface area contributed by atoms with Crippen molar-refractivity contribution < 1.29 is 9.63 Å². The highest BCUT2D eigenvalue weighted by Gasteiger charge is 2.21. The zero-order chi connectivity index (χ0) is 14.2. The van der Waals surface area contributed by atoms with Crippen molar-refractivity contribution in [1.29, 1.82) is 0 Å². The molecule has 1 aliphatic heterocycles. The van der Waals surface area contributed by atoms with E-state index in [-0.39, 0.29) is 5.91 Å². The van der Waals surface area contributed by atoms with Gasteiger partial charge in [-0.25, -0.2) is 5.48 Å². The lowest BCUT2D eigenvalue weighted by atomic mass is 9.85. The molecule has 110 valence electrons. The second-order valence-electron chi connectivity index (χ2n) is 5.59. The van der Waals surface area contributed by atoms with Gasteiger partial charge in [0.15, 0.2) is 0 Å². The summed E-state index contributed by atoms with van der Waals surface area (Å²) < 4.78 is 0. The maximum Gasteiger partial charge on any atom is 0.243 e. The molecule has 4 heteroatoms. The third kappa shape index (κ3) is 4.94. The fourth-order valence-electron chi connectivity index (χ4n) is 2.64. The van der Waals surface area contributed by atoms with Crippen molar-refractivity contribution in [2.24, 2.45) is 11.8 Å². The maximum absolute atomic E-state index is 11.8. The van der Waals surface area contributed by atoms with Crippen molar-refractivity contribution in [3.8, 4) is 0 Å². The number of amides is 1. The molecule has 2 rings (SSSR count). The van der Waals surface area contributed by atoms with Gasteiger partial charge in [0.05, 0.1) is 6.61 Å². The molecule has 20 heavy (non-hydrogen) atoms. The Hall–Kier alpha value is -1.39. The summed E-state index contributed by atoms with van der Waals surface area (Å²) >= 11 is 0. The van der Waals surface area contributed by atoms with Crippen LogP contribution in [0.2, 0.25) is 0 Å². The summed E-state index contributed by atoms with van der Waals surface area (Å²) in [5, 5.41) is 3.39. The number of piperidine rings is 1. The van der Waals surface area contributed by atoms with E-state index in [0.29, 0.717) is 24.9 Å². The topological polar surface area (TPSA) is 50.4 Å². The predicted octanol–water partition coefficient (Wildman–Crippen LogP) is 2.26. The van der Waals surface area contributed by atoms with E-state index in [1.165, 1.54) is 12.8 Å². The number of hydrogen-bond donors (Lipinski definition) is 2. The molecule has 0 spiro atoms. The van der Waals surface area contributed by atoms with Crippen LogP contribution in [-0.2, 0) is 16.2 Å². The lowest BCUT2D eigenvalue weighted by Gasteiger charge is -2.27. The van der Waals surface area contributed by atoms with Crippen molar-refractivity contribution in [2.45, 2.75) is 32.8 Å². The van der Waals surface area contributed by atoms with Crippen LogP contribution in [0.25, 0.3) is 0 Å². The molecule has 1 aromatic rings. The van der Waals surface area contributed by atoms with Crippen LogP contribution in [0.5, 0.6) is 0 Å². The maximum atomic E-state index is 11.8. The number of hydrogen-bond acceptors (Lipinski definition) is 3. The van der Waals surface area contributed by atoms with Gasteiger partial charge in [-0.05, 0) is 43.3 Å². The van der Waals surface area contributed by atoms with Crippen LogP contribution in [0.1, 0.15) is 31.7 Å². The third-order valence-corrected chi connectivity index (χ3v) is 3.91. The highest BCUT2D eigenvalue weighted by Crippen LogP contribution is 2.22. The number of hydroxylamine groups is 1. The molecule has 2 atom stereocenters. The van der Waals surface area contributed by atoms with Crippen molar-refractivity contribution in [3.63, 3.8) is 0 Å². The van der Waals surface area contributed by atoms with E-state index in [0.717, 1.165) is 18.7 Å². The summed E-state index contributed by atoms with van der Waals surface area (Å²) in [5.41, 5.74) is 3.59. The van der Waals surface area contributed by atoms with E-state index in [1.54, 1.807) is 0 Å². The van der Waals surface area contributed by atoms with Crippen LogP contribution in [0.15, 0.2) is 30.3 Å². The quantitative estimate of drug-likeness (QED) is 0.784. The van der Waals surface area contributed by atoms with Crippen LogP contribution < -0.4 is 10.8 Å². The SMILES string of the molecule is CC(CC(=O)NOCc1ccccc1)C1CCCNC1. The molecule has 1 aliphatic rings. The molecule has 1 fully saturated rings. The number of nitrogens with one attached hydrogen (secondary N) is 2. The van der Waals surface area contributed by atoms with Crippen LogP contribution >= 0.6 is 0 Å². The molecule has 1 amide bonds. The zero-order valence-electron chi connectivity index (χ0n) is 12.1. The van der Waals surface area contributed by atoms with Crippen LogP contribution in [0, 0.1) is 11.8 Å². The van der Waals surface area contributed by atoms with E-state index >= 15 is 0 Å². The highest BCUT2D eigenvalue weighted by atomic mass is 16.6. The first kappa shape index (κ1) is 15.0. The van der Waals surface area contributed by atoms with Gasteiger partial charge in [0.2, 0.25) is 5.91 Å². The Morgan fingerprint density at radius 1 is 1.45 bits per heavy atom. The Bertz CT molecular complexity index is 402. The molecule has 0 aliphatic carbocycles. The number of carbonyl (C=O) groups is 1. The first-order chi connectivity index (χ1) is 9.75. The average Bonchev–Trinajstić information content (AvgIpc) is 2.49. The molecule has 1 heterocycles. The molecular formula is C16H24N2O2. The van der Waals surface area contributed by atoms with Gasteiger partial charge in [-0.2, -0.15) is 0 Å². The van der Waals surface area contributed by atoms with Crippen LogP contribution in [0.3, 0.4) is 0 Å². The van der Waals surface area contributed by atoms with E-state index < -0.39 is 0 Å². The van der Waals surface area contributed by atoms with Crippen LogP contribution in [-0.4, -0.2) is 19.0 Å². The minimum Gasteiger partial charge on any atom is -0.316 e. The molecule has 1 aromatic carbocycles. The van der Waals surface area contributed by atoms with E-state index in [1.807, 2.05) is 30.3 Å². The number of carbonyl (C=O) groups excluding carboxylic acids is 1. The minimum atomic E-state index is -0.0287. The molecule has 0 radical (unpaired) electrons. The smallest absolute Gasteiger partial charge is 0.243 e. The lowest BCUT2D eigenvalue weighted by molar-refractivity contribution is -0.135. The summed E-state index contributed by atoms with van der Waals surface area (Å²) in [4.78, 5) is 17.1. The first-order valence-corrected chi connectivity index (χ1v) is 7.41. The molecule has 0 bridgehead atoms. The molecule has 0 saturated carbocycles. The molecule has 0 aromatic heterocycles. The van der Waals surface area contributed by atoms with Gasteiger partial charge in [-0.1, -0.05) is 37.3 Å². The van der Waals surface area contributed by atoms with Gasteiger partial charge in [0.1, 0.15) is 0 Å². The van der Waals surface area contributed by atoms with Crippen molar-refractivity contribution in [2.75, 3.05) is 13.1 Å². The summed E-state index contributed by atoms with van der Waals surface area (Å²) in [6.45, 7) is 4.69. The molecule has 1 saturated heterocycles. The van der Waals surface area contributed by atoms with Gasteiger partial charge >= 0.3 is 0 Å². The zero-order valence-corrected chi connectivity index (χ0v) is 12.1. The Morgan fingerprint density at radius 3 is 2.95 bits per heavy atom. The Balaban J connectivity index is 1.64. The first-order valence-electron chi connectivity index (χ1n) is 7.41. The Morgan fingerprint density at radius 2 is 2.25 bits per heavy atom. The predicted molar refractivity (Wildman–Crippen MR) is 78.7 cm³/mol. The monoisotopic (exact) mass is 276 g/mol. The summed E-state index contributed by atoms with van der Waals surface area (Å²) in [6.07, 6.45) is 2.95. The Labute approximate surface area is 120 Å². The van der Waals surface area contributed by atoms with E-state index in [9.17, 15) is 4.79 Å². The molecule has 2 N–H and O–H groups in total. The molecule has 2 unspecified atom stereocenters. The number of rotatable bonds is 6. The van der Waals surface area contributed by atoms with Crippen molar-refractivity contribution >= 4 is 5.91 Å². The van der Waals surface area contributed by atoms with Crippen molar-refractivity contribution in [1.82, 2.24) is 10.8 Å². The van der Waals surface area contributed by atoms with Gasteiger partial charge in [-0.15, -0.1) is 0 Å². The molecule has 4 nitrogen and oxygen atoms in total. The van der Waals surface area contributed by atoms with E-state index in [2.05, 4.69) is 17.7 Å². The van der Waals surface area contributed by atoms with Crippen LogP contribution in [0.4, 0.5) is 0 Å². The standard InChI is InChI=1S/C16H24N2O2/c1-13(15-8-5-9-17-11-15)10-16(19)18-20-12-14-6-3-2-4-7-14/h2-4,6-7,13,15,17H,5,8-12H2,1H3,(H,18,19).